The van der Waals surface area contributed by atoms with E-state index in [-0.39, 0.29) is 28.4 Å². The summed E-state index contributed by atoms with van der Waals surface area (Å²) in [5.41, 5.74) is 3.46. The number of hydrogen-bond acceptors (Lipinski definition) is 6. The normalized spacial score (nSPS) is 19.5. The van der Waals surface area contributed by atoms with Gasteiger partial charge in [-0.15, -0.1) is 11.3 Å². The summed E-state index contributed by atoms with van der Waals surface area (Å²) in [6, 6.07) is 14.3. The molecule has 0 bridgehead atoms. The first kappa shape index (κ1) is 25.5. The Kier molecular flexibility index (Phi) is 7.15. The van der Waals surface area contributed by atoms with Crippen LogP contribution in [0.3, 0.4) is 0 Å². The molecule has 1 saturated heterocycles. The zero-order valence-corrected chi connectivity index (χ0v) is 22.2. The van der Waals surface area contributed by atoms with Crippen LogP contribution in [0.4, 0.5) is 5.13 Å². The third-order valence-electron chi connectivity index (χ3n) is 5.91. The van der Waals surface area contributed by atoms with Crippen LogP contribution in [0.15, 0.2) is 58.8 Å². The van der Waals surface area contributed by atoms with E-state index in [1.807, 2.05) is 31.4 Å². The second-order valence-electron chi connectivity index (χ2n) is 9.92. The maximum Gasteiger partial charge on any atom is 0.257 e. The van der Waals surface area contributed by atoms with E-state index in [9.17, 15) is 13.2 Å². The predicted octanol–water partition coefficient (Wildman–Crippen LogP) is 5.16. The SMILES string of the molecule is CC1CN(S(=O)(=O)c2ccc(C(=O)Nc3nc(-c4ccc(C(C)(C)C)cc4)cs3)cc2)CC(C)O1. The molecule has 4 rings (SSSR count). The number of benzene rings is 2. The second-order valence-corrected chi connectivity index (χ2v) is 12.7. The van der Waals surface area contributed by atoms with Gasteiger partial charge in [0.15, 0.2) is 5.13 Å². The van der Waals surface area contributed by atoms with E-state index < -0.39 is 10.0 Å². The highest BCUT2D eigenvalue weighted by molar-refractivity contribution is 7.89. The number of anilines is 1. The van der Waals surface area contributed by atoms with Gasteiger partial charge in [0.05, 0.1) is 22.8 Å². The molecule has 186 valence electrons. The Morgan fingerprint density at radius 2 is 1.63 bits per heavy atom. The topological polar surface area (TPSA) is 88.6 Å². The Hall–Kier alpha value is -2.59. The van der Waals surface area contributed by atoms with Crippen molar-refractivity contribution in [3.05, 3.63) is 65.0 Å². The molecule has 0 saturated carbocycles. The molecule has 3 aromatic rings. The Bertz CT molecular complexity index is 1280. The molecule has 9 heteroatoms. The van der Waals surface area contributed by atoms with Crippen LogP contribution < -0.4 is 5.32 Å². The molecule has 1 amide bonds. The van der Waals surface area contributed by atoms with Crippen molar-refractivity contribution < 1.29 is 17.9 Å². The van der Waals surface area contributed by atoms with Crippen molar-refractivity contribution in [2.24, 2.45) is 0 Å². The zero-order chi connectivity index (χ0) is 25.4. The van der Waals surface area contributed by atoms with Gasteiger partial charge in [0.25, 0.3) is 5.91 Å². The third kappa shape index (κ3) is 5.81. The first-order chi connectivity index (χ1) is 16.4. The Morgan fingerprint density at radius 3 is 2.20 bits per heavy atom. The number of amides is 1. The van der Waals surface area contributed by atoms with Crippen molar-refractivity contribution in [1.29, 1.82) is 0 Å². The second kappa shape index (κ2) is 9.81. The monoisotopic (exact) mass is 513 g/mol. The van der Waals surface area contributed by atoms with Crippen molar-refractivity contribution in [1.82, 2.24) is 9.29 Å². The quantitative estimate of drug-likeness (QED) is 0.509. The lowest BCUT2D eigenvalue weighted by molar-refractivity contribution is -0.0440. The van der Waals surface area contributed by atoms with E-state index in [4.69, 9.17) is 4.74 Å². The molecule has 1 aliphatic heterocycles. The Labute approximate surface area is 211 Å². The highest BCUT2D eigenvalue weighted by Crippen LogP contribution is 2.29. The van der Waals surface area contributed by atoms with Crippen molar-refractivity contribution in [3.63, 3.8) is 0 Å². The number of nitrogens with one attached hydrogen (secondary N) is 1. The third-order valence-corrected chi connectivity index (χ3v) is 8.52. The van der Waals surface area contributed by atoms with Crippen LogP contribution in [-0.4, -0.2) is 48.9 Å². The molecule has 2 unspecified atom stereocenters. The average Bonchev–Trinajstić information content (AvgIpc) is 3.26. The smallest absolute Gasteiger partial charge is 0.257 e. The van der Waals surface area contributed by atoms with E-state index in [0.717, 1.165) is 11.3 Å². The van der Waals surface area contributed by atoms with E-state index >= 15 is 0 Å². The molecule has 35 heavy (non-hydrogen) atoms. The van der Waals surface area contributed by atoms with Gasteiger partial charge in [0.2, 0.25) is 10.0 Å². The maximum absolute atomic E-state index is 13.0. The fourth-order valence-electron chi connectivity index (χ4n) is 4.03. The number of morpholine rings is 1. The molecule has 1 aromatic heterocycles. The highest BCUT2D eigenvalue weighted by Gasteiger charge is 2.32. The van der Waals surface area contributed by atoms with E-state index in [1.54, 1.807) is 0 Å². The predicted molar refractivity (Wildman–Crippen MR) is 139 cm³/mol. The largest absolute Gasteiger partial charge is 0.373 e. The van der Waals surface area contributed by atoms with Crippen molar-refractivity contribution in [2.45, 2.75) is 57.1 Å². The van der Waals surface area contributed by atoms with Gasteiger partial charge in [-0.05, 0) is 49.1 Å². The molecule has 1 fully saturated rings. The summed E-state index contributed by atoms with van der Waals surface area (Å²) < 4.78 is 33.1. The summed E-state index contributed by atoms with van der Waals surface area (Å²) in [4.78, 5) is 17.4. The molecule has 1 N–H and O–H groups in total. The fraction of sp³-hybridized carbons (Fsp3) is 0.385. The van der Waals surface area contributed by atoms with Gasteiger partial charge in [-0.2, -0.15) is 4.31 Å². The minimum atomic E-state index is -3.66. The summed E-state index contributed by atoms with van der Waals surface area (Å²) in [5, 5.41) is 5.20. The number of thiazole rings is 1. The molecule has 0 aliphatic carbocycles. The van der Waals surface area contributed by atoms with Crippen LogP contribution in [0.1, 0.15) is 50.5 Å². The van der Waals surface area contributed by atoms with E-state index in [1.165, 1.54) is 45.5 Å². The molecule has 7 nitrogen and oxygen atoms in total. The molecule has 2 atom stereocenters. The number of aromatic nitrogens is 1. The fourth-order valence-corrected chi connectivity index (χ4v) is 6.33. The van der Waals surface area contributed by atoms with E-state index in [0.29, 0.717) is 23.8 Å². The minimum absolute atomic E-state index is 0.0770. The Morgan fingerprint density at radius 1 is 1.03 bits per heavy atom. The number of sulfonamides is 1. The van der Waals surface area contributed by atoms with Gasteiger partial charge in [0, 0.05) is 29.6 Å². The lowest BCUT2D eigenvalue weighted by Gasteiger charge is -2.34. The van der Waals surface area contributed by atoms with Gasteiger partial charge >= 0.3 is 0 Å². The van der Waals surface area contributed by atoms with Crippen LogP contribution in [0.25, 0.3) is 11.3 Å². The molecule has 0 spiro atoms. The molecule has 0 radical (unpaired) electrons. The summed E-state index contributed by atoms with van der Waals surface area (Å²) in [6.07, 6.45) is -0.337. The summed E-state index contributed by atoms with van der Waals surface area (Å²) in [5.74, 6) is -0.341. The lowest BCUT2D eigenvalue weighted by atomic mass is 9.86. The lowest BCUT2D eigenvalue weighted by Crippen LogP contribution is -2.48. The first-order valence-corrected chi connectivity index (χ1v) is 13.9. The summed E-state index contributed by atoms with van der Waals surface area (Å²) >= 11 is 1.35. The molecular weight excluding hydrogens is 482 g/mol. The van der Waals surface area contributed by atoms with Gasteiger partial charge in [-0.25, -0.2) is 13.4 Å². The van der Waals surface area contributed by atoms with E-state index in [2.05, 4.69) is 43.2 Å². The van der Waals surface area contributed by atoms with Crippen LogP contribution in [0, 0.1) is 0 Å². The number of ether oxygens (including phenoxy) is 1. The van der Waals surface area contributed by atoms with Crippen LogP contribution in [0.5, 0.6) is 0 Å². The average molecular weight is 514 g/mol. The maximum atomic E-state index is 13.0. The van der Waals surface area contributed by atoms with Crippen molar-refractivity contribution in [3.8, 4) is 11.3 Å². The van der Waals surface area contributed by atoms with Crippen LogP contribution >= 0.6 is 11.3 Å². The summed E-state index contributed by atoms with van der Waals surface area (Å²) in [6.45, 7) is 10.8. The van der Waals surface area contributed by atoms with Crippen molar-refractivity contribution in [2.75, 3.05) is 18.4 Å². The van der Waals surface area contributed by atoms with Crippen LogP contribution in [0.2, 0.25) is 0 Å². The number of carbonyl (C=O) groups is 1. The molecule has 2 heterocycles. The van der Waals surface area contributed by atoms with Gasteiger partial charge < -0.3 is 4.74 Å². The number of carbonyl (C=O) groups excluding carboxylic acids is 1. The first-order valence-electron chi connectivity index (χ1n) is 11.6. The number of hydrogen-bond donors (Lipinski definition) is 1. The molecular formula is C26H31N3O4S2. The molecule has 2 aromatic carbocycles. The Balaban J connectivity index is 1.43. The summed E-state index contributed by atoms with van der Waals surface area (Å²) in [7, 11) is -3.66. The number of rotatable bonds is 5. The van der Waals surface area contributed by atoms with Gasteiger partial charge in [-0.3, -0.25) is 10.1 Å². The van der Waals surface area contributed by atoms with Gasteiger partial charge in [0.1, 0.15) is 0 Å². The standard InChI is InChI=1S/C26H31N3O4S2/c1-17-14-29(15-18(2)33-17)35(31,32)22-12-8-20(9-13-22)24(30)28-25-27-23(16-34-25)19-6-10-21(11-7-19)26(3,4)5/h6-13,16-18H,14-15H2,1-5H3,(H,27,28,30). The molecule has 1 aliphatic rings. The van der Waals surface area contributed by atoms with Gasteiger partial charge in [-0.1, -0.05) is 45.0 Å². The zero-order valence-electron chi connectivity index (χ0n) is 20.6. The van der Waals surface area contributed by atoms with Crippen molar-refractivity contribution >= 4 is 32.4 Å². The highest BCUT2D eigenvalue weighted by atomic mass is 32.2. The number of nitrogens with zero attached hydrogens (tertiary/aromatic N) is 2. The van der Waals surface area contributed by atoms with Crippen LogP contribution in [-0.2, 0) is 20.2 Å². The minimum Gasteiger partial charge on any atom is -0.373 e.